The number of amides is 1. The Balaban J connectivity index is 1.97. The summed E-state index contributed by atoms with van der Waals surface area (Å²) >= 11 is 0. The van der Waals surface area contributed by atoms with Gasteiger partial charge in [-0.25, -0.2) is 0 Å². The van der Waals surface area contributed by atoms with Gasteiger partial charge in [-0.05, 0) is 42.2 Å². The van der Waals surface area contributed by atoms with Crippen LogP contribution in [0, 0.1) is 13.8 Å². The second kappa shape index (κ2) is 7.14. The topological polar surface area (TPSA) is 29.1 Å². The summed E-state index contributed by atoms with van der Waals surface area (Å²) in [6.45, 7) is 4.09. The van der Waals surface area contributed by atoms with Crippen LogP contribution in [0.25, 0.3) is 0 Å². The number of aryl methyl sites for hydroxylation is 1. The van der Waals surface area contributed by atoms with Gasteiger partial charge in [0.2, 0.25) is 5.91 Å². The second-order valence-corrected chi connectivity index (χ2v) is 5.99. The molecule has 0 aliphatic carbocycles. The minimum Gasteiger partial charge on any atom is -0.325 e. The van der Waals surface area contributed by atoms with Gasteiger partial charge in [-0.3, -0.25) is 4.79 Å². The lowest BCUT2D eigenvalue weighted by molar-refractivity contribution is -0.116. The molecule has 2 nitrogen and oxygen atoms in total. The normalized spacial score (nSPS) is 10.6. The molecule has 0 atom stereocenters. The van der Waals surface area contributed by atoms with Crippen LogP contribution in [-0.2, 0) is 4.79 Å². The molecule has 0 aliphatic rings. The van der Waals surface area contributed by atoms with Crippen molar-refractivity contribution < 1.29 is 4.79 Å². The minimum absolute atomic E-state index is 0.0129. The smallest absolute Gasteiger partial charge is 0.236 e. The van der Waals surface area contributed by atoms with Gasteiger partial charge in [-0.15, -0.1) is 0 Å². The van der Waals surface area contributed by atoms with Gasteiger partial charge in [-0.2, -0.15) is 0 Å². The van der Waals surface area contributed by atoms with Gasteiger partial charge in [0.05, 0.1) is 5.92 Å². The summed E-state index contributed by atoms with van der Waals surface area (Å²) in [6, 6.07) is 25.8. The molecule has 0 saturated heterocycles. The highest BCUT2D eigenvalue weighted by Gasteiger charge is 2.23. The fourth-order valence-electron chi connectivity index (χ4n) is 2.88. The number of hydrogen-bond acceptors (Lipinski definition) is 1. The first-order valence-electron chi connectivity index (χ1n) is 8.14. The van der Waals surface area contributed by atoms with E-state index in [4.69, 9.17) is 0 Å². The Labute approximate surface area is 143 Å². The molecule has 0 spiro atoms. The third kappa shape index (κ3) is 3.38. The first kappa shape index (κ1) is 16.0. The van der Waals surface area contributed by atoms with E-state index in [9.17, 15) is 4.79 Å². The highest BCUT2D eigenvalue weighted by molar-refractivity contribution is 5.98. The Morgan fingerprint density at radius 3 is 1.83 bits per heavy atom. The van der Waals surface area contributed by atoms with Gasteiger partial charge in [0.25, 0.3) is 0 Å². The van der Waals surface area contributed by atoms with Crippen molar-refractivity contribution in [2.75, 3.05) is 5.32 Å². The summed E-state index contributed by atoms with van der Waals surface area (Å²) in [5, 5.41) is 3.11. The van der Waals surface area contributed by atoms with Crippen molar-refractivity contribution in [3.8, 4) is 0 Å². The molecule has 3 rings (SSSR count). The fraction of sp³-hybridized carbons (Fsp3) is 0.136. The average molecular weight is 315 g/mol. The largest absolute Gasteiger partial charge is 0.325 e. The Hall–Kier alpha value is -2.87. The number of nitrogens with one attached hydrogen (secondary N) is 1. The van der Waals surface area contributed by atoms with E-state index in [0.29, 0.717) is 0 Å². The van der Waals surface area contributed by atoms with Gasteiger partial charge < -0.3 is 5.32 Å². The van der Waals surface area contributed by atoms with Gasteiger partial charge >= 0.3 is 0 Å². The maximum atomic E-state index is 13.1. The molecule has 0 fully saturated rings. The molecule has 0 unspecified atom stereocenters. The zero-order valence-electron chi connectivity index (χ0n) is 14.0. The quantitative estimate of drug-likeness (QED) is 0.715. The molecule has 0 radical (unpaired) electrons. The Morgan fingerprint density at radius 1 is 0.750 bits per heavy atom. The molecule has 1 N–H and O–H groups in total. The summed E-state index contributed by atoms with van der Waals surface area (Å²) in [5.74, 6) is -0.339. The van der Waals surface area contributed by atoms with Crippen LogP contribution in [0.2, 0.25) is 0 Å². The number of rotatable bonds is 4. The molecular weight excluding hydrogens is 294 g/mol. The lowest BCUT2D eigenvalue weighted by atomic mass is 9.90. The zero-order valence-corrected chi connectivity index (χ0v) is 14.0. The zero-order chi connectivity index (χ0) is 16.9. The maximum absolute atomic E-state index is 13.1. The van der Waals surface area contributed by atoms with E-state index in [1.165, 1.54) is 5.56 Å². The molecule has 1 amide bonds. The van der Waals surface area contributed by atoms with Crippen LogP contribution in [0.5, 0.6) is 0 Å². The summed E-state index contributed by atoms with van der Waals surface area (Å²) in [4.78, 5) is 13.1. The van der Waals surface area contributed by atoms with Gasteiger partial charge in [-0.1, -0.05) is 72.8 Å². The van der Waals surface area contributed by atoms with Crippen LogP contribution >= 0.6 is 0 Å². The van der Waals surface area contributed by atoms with Crippen LogP contribution in [0.1, 0.15) is 28.2 Å². The highest BCUT2D eigenvalue weighted by atomic mass is 16.1. The summed E-state index contributed by atoms with van der Waals surface area (Å²) in [6.07, 6.45) is 0. The van der Waals surface area contributed by atoms with E-state index >= 15 is 0 Å². The van der Waals surface area contributed by atoms with E-state index in [-0.39, 0.29) is 11.8 Å². The van der Waals surface area contributed by atoms with Gasteiger partial charge in [0.15, 0.2) is 0 Å². The van der Waals surface area contributed by atoms with Gasteiger partial charge in [0, 0.05) is 5.69 Å². The van der Waals surface area contributed by atoms with Crippen LogP contribution < -0.4 is 5.32 Å². The number of hydrogen-bond donors (Lipinski definition) is 1. The first-order chi connectivity index (χ1) is 11.7. The average Bonchev–Trinajstić information content (AvgIpc) is 2.61. The number of benzene rings is 3. The van der Waals surface area contributed by atoms with Crippen molar-refractivity contribution >= 4 is 11.6 Å². The van der Waals surface area contributed by atoms with Crippen molar-refractivity contribution in [1.29, 1.82) is 0 Å². The van der Waals surface area contributed by atoms with Crippen LogP contribution in [0.3, 0.4) is 0 Å². The molecule has 0 aliphatic heterocycles. The third-order valence-electron chi connectivity index (χ3n) is 4.39. The summed E-state index contributed by atoms with van der Waals surface area (Å²) < 4.78 is 0. The van der Waals surface area contributed by atoms with Gasteiger partial charge in [0.1, 0.15) is 0 Å². The third-order valence-corrected chi connectivity index (χ3v) is 4.39. The molecule has 2 heteroatoms. The minimum atomic E-state index is -0.327. The number of carbonyl (C=O) groups excluding carboxylic acids is 1. The predicted molar refractivity (Wildman–Crippen MR) is 99.3 cm³/mol. The Bertz CT molecular complexity index is 786. The summed E-state index contributed by atoms with van der Waals surface area (Å²) in [5.41, 5.74) is 5.13. The number of anilines is 1. The molecule has 3 aromatic carbocycles. The highest BCUT2D eigenvalue weighted by Crippen LogP contribution is 2.27. The molecule has 0 heterocycles. The molecule has 0 bridgehead atoms. The van der Waals surface area contributed by atoms with E-state index in [0.717, 1.165) is 22.4 Å². The molecule has 24 heavy (non-hydrogen) atoms. The lowest BCUT2D eigenvalue weighted by Crippen LogP contribution is -2.22. The van der Waals surface area contributed by atoms with Crippen LogP contribution in [0.4, 0.5) is 5.69 Å². The second-order valence-electron chi connectivity index (χ2n) is 5.99. The Morgan fingerprint density at radius 2 is 1.29 bits per heavy atom. The SMILES string of the molecule is Cc1cccc(NC(=O)C(c2ccccc2)c2ccccc2)c1C. The van der Waals surface area contributed by atoms with Crippen molar-refractivity contribution in [2.24, 2.45) is 0 Å². The van der Waals surface area contributed by atoms with Crippen molar-refractivity contribution in [3.05, 3.63) is 101 Å². The molecular formula is C22H21NO. The van der Waals surface area contributed by atoms with Crippen molar-refractivity contribution in [2.45, 2.75) is 19.8 Å². The van der Waals surface area contributed by atoms with Crippen LogP contribution in [-0.4, -0.2) is 5.91 Å². The van der Waals surface area contributed by atoms with E-state index in [2.05, 4.69) is 18.3 Å². The molecule has 3 aromatic rings. The van der Waals surface area contributed by atoms with Crippen molar-refractivity contribution in [1.82, 2.24) is 0 Å². The summed E-state index contributed by atoms with van der Waals surface area (Å²) in [7, 11) is 0. The number of carbonyl (C=O) groups is 1. The van der Waals surface area contributed by atoms with Crippen LogP contribution in [0.15, 0.2) is 78.9 Å². The standard InChI is InChI=1S/C22H21NO/c1-16-10-9-15-20(17(16)2)23-22(24)21(18-11-5-3-6-12-18)19-13-7-4-8-14-19/h3-15,21H,1-2H3,(H,23,24). The molecule has 120 valence electrons. The Kier molecular flexibility index (Phi) is 4.76. The van der Waals surface area contributed by atoms with E-state index in [1.807, 2.05) is 79.7 Å². The fourth-order valence-corrected chi connectivity index (χ4v) is 2.88. The van der Waals surface area contributed by atoms with E-state index < -0.39 is 0 Å². The van der Waals surface area contributed by atoms with E-state index in [1.54, 1.807) is 0 Å². The molecule has 0 saturated carbocycles. The lowest BCUT2D eigenvalue weighted by Gasteiger charge is -2.19. The monoisotopic (exact) mass is 315 g/mol. The molecule has 0 aromatic heterocycles. The first-order valence-corrected chi connectivity index (χ1v) is 8.14. The van der Waals surface area contributed by atoms with Crippen molar-refractivity contribution in [3.63, 3.8) is 0 Å². The predicted octanol–water partition coefficient (Wildman–Crippen LogP) is 5.07. The maximum Gasteiger partial charge on any atom is 0.236 e.